The second kappa shape index (κ2) is 18.8. The summed E-state index contributed by atoms with van der Waals surface area (Å²) in [5.74, 6) is -0.662. The summed E-state index contributed by atoms with van der Waals surface area (Å²) < 4.78 is 5.61. The number of unbranched alkanes of at least 4 members (excludes halogenated alkanes) is 12. The Morgan fingerprint density at radius 3 is 1.58 bits per heavy atom. The lowest BCUT2D eigenvalue weighted by Crippen LogP contribution is -2.10. The molecule has 1 N–H and O–H groups in total. The molecule has 0 aliphatic rings. The van der Waals surface area contributed by atoms with E-state index in [0.717, 1.165) is 12.8 Å². The molecule has 0 rings (SSSR count). The Kier molecular flexibility index (Phi) is 18.3. The number of rotatable bonds is 19. The van der Waals surface area contributed by atoms with E-state index in [-0.39, 0.29) is 0 Å². The number of methoxy groups -OCH3 is 1. The fourth-order valence-electron chi connectivity index (χ4n) is 3.24. The summed E-state index contributed by atoms with van der Waals surface area (Å²) in [6.07, 6.45) is 21.0. The number of carbonyl (C=O) groups is 1. The molecule has 1 unspecified atom stereocenters. The molecule has 1 atom stereocenters. The summed E-state index contributed by atoms with van der Waals surface area (Å²) in [5.41, 5.74) is 0. The van der Waals surface area contributed by atoms with E-state index in [9.17, 15) is 4.79 Å². The van der Waals surface area contributed by atoms with E-state index in [1.807, 2.05) is 7.11 Å². The van der Waals surface area contributed by atoms with Crippen LogP contribution >= 0.6 is 0 Å². The number of aliphatic carboxylic acids is 1. The average Bonchev–Trinajstić information content (AvgIpc) is 2.57. The van der Waals surface area contributed by atoms with Gasteiger partial charge in [-0.1, -0.05) is 90.4 Å². The van der Waals surface area contributed by atoms with E-state index in [0.29, 0.717) is 12.5 Å². The highest BCUT2D eigenvalue weighted by atomic mass is 16.5. The van der Waals surface area contributed by atoms with Gasteiger partial charge in [0.25, 0.3) is 0 Å². The van der Waals surface area contributed by atoms with Crippen LogP contribution in [-0.4, -0.2) is 24.3 Å². The summed E-state index contributed by atoms with van der Waals surface area (Å²) in [6, 6.07) is 0. The lowest BCUT2D eigenvalue weighted by atomic mass is 10.0. The van der Waals surface area contributed by atoms with Gasteiger partial charge in [-0.05, 0) is 19.3 Å². The first kappa shape index (κ1) is 23.4. The maximum Gasteiger partial charge on any atom is 0.303 e. The summed E-state index contributed by atoms with van der Waals surface area (Å²) in [4.78, 5) is 10.4. The van der Waals surface area contributed by atoms with Crippen molar-refractivity contribution >= 4 is 5.97 Å². The van der Waals surface area contributed by atoms with Crippen molar-refractivity contribution < 1.29 is 14.6 Å². The van der Waals surface area contributed by atoms with Crippen molar-refractivity contribution in [2.45, 2.75) is 122 Å². The maximum atomic E-state index is 10.4. The van der Waals surface area contributed by atoms with Gasteiger partial charge in [-0.25, -0.2) is 0 Å². The molecule has 0 aliphatic heterocycles. The van der Waals surface area contributed by atoms with Gasteiger partial charge in [0.15, 0.2) is 0 Å². The molecule has 0 fully saturated rings. The molecule has 0 amide bonds. The number of ether oxygens (including phenoxy) is 1. The Balaban J connectivity index is 3.27. The maximum absolute atomic E-state index is 10.4. The molecule has 0 saturated heterocycles. The van der Waals surface area contributed by atoms with Gasteiger partial charge in [0.2, 0.25) is 0 Å². The molecule has 0 aromatic carbocycles. The normalized spacial score (nSPS) is 12.4. The van der Waals surface area contributed by atoms with E-state index in [1.54, 1.807) is 0 Å². The third-order valence-electron chi connectivity index (χ3n) is 4.88. The smallest absolute Gasteiger partial charge is 0.303 e. The van der Waals surface area contributed by atoms with Gasteiger partial charge < -0.3 is 9.84 Å². The molecule has 3 nitrogen and oxygen atoms in total. The van der Waals surface area contributed by atoms with E-state index < -0.39 is 5.97 Å². The predicted octanol–water partition coefficient (Wildman–Crippen LogP) is 6.74. The molecule has 0 saturated carbocycles. The average molecular weight is 343 g/mol. The number of hydrogen-bond acceptors (Lipinski definition) is 2. The SMILES string of the molecule is CCCCCCCC(CCCCCCCCCCCC(=O)O)OC. The Bertz CT molecular complexity index is 266. The van der Waals surface area contributed by atoms with E-state index in [2.05, 4.69) is 6.92 Å². The van der Waals surface area contributed by atoms with Crippen LogP contribution in [0.4, 0.5) is 0 Å². The molecule has 0 aromatic heterocycles. The summed E-state index contributed by atoms with van der Waals surface area (Å²) in [7, 11) is 1.86. The van der Waals surface area contributed by atoms with Gasteiger partial charge in [0, 0.05) is 13.5 Å². The van der Waals surface area contributed by atoms with Crippen LogP contribution in [0.5, 0.6) is 0 Å². The van der Waals surface area contributed by atoms with Crippen LogP contribution < -0.4 is 0 Å². The second-order valence-electron chi connectivity index (χ2n) is 7.17. The minimum absolute atomic E-state index is 0.333. The minimum Gasteiger partial charge on any atom is -0.481 e. The predicted molar refractivity (Wildman–Crippen MR) is 103 cm³/mol. The first-order valence-electron chi connectivity index (χ1n) is 10.4. The minimum atomic E-state index is -0.662. The highest BCUT2D eigenvalue weighted by molar-refractivity contribution is 5.66. The summed E-state index contributed by atoms with van der Waals surface area (Å²) >= 11 is 0. The molecule has 0 radical (unpaired) electrons. The highest BCUT2D eigenvalue weighted by Crippen LogP contribution is 2.16. The molecule has 144 valence electrons. The van der Waals surface area contributed by atoms with Gasteiger partial charge >= 0.3 is 5.97 Å². The van der Waals surface area contributed by atoms with E-state index >= 15 is 0 Å². The zero-order valence-corrected chi connectivity index (χ0v) is 16.4. The number of carboxylic acid groups (broad SMARTS) is 1. The van der Waals surface area contributed by atoms with Crippen LogP contribution in [0.2, 0.25) is 0 Å². The molecule has 0 aliphatic carbocycles. The van der Waals surface area contributed by atoms with Crippen molar-refractivity contribution in [1.82, 2.24) is 0 Å². The van der Waals surface area contributed by atoms with E-state index in [4.69, 9.17) is 9.84 Å². The van der Waals surface area contributed by atoms with E-state index in [1.165, 1.54) is 89.9 Å². The lowest BCUT2D eigenvalue weighted by Gasteiger charge is -2.15. The third-order valence-corrected chi connectivity index (χ3v) is 4.88. The van der Waals surface area contributed by atoms with Gasteiger partial charge in [-0.2, -0.15) is 0 Å². The molecule has 0 heterocycles. The molecule has 0 aromatic rings. The Labute approximate surface area is 150 Å². The van der Waals surface area contributed by atoms with Crippen molar-refractivity contribution in [2.24, 2.45) is 0 Å². The van der Waals surface area contributed by atoms with Crippen molar-refractivity contribution in [3.05, 3.63) is 0 Å². The standard InChI is InChI=1S/C21H42O3/c1-3-4-5-11-14-17-20(24-2)18-15-12-9-7-6-8-10-13-16-19-21(22)23/h20H,3-19H2,1-2H3,(H,22,23). The fourth-order valence-corrected chi connectivity index (χ4v) is 3.24. The zero-order valence-electron chi connectivity index (χ0n) is 16.4. The van der Waals surface area contributed by atoms with Crippen molar-refractivity contribution in [1.29, 1.82) is 0 Å². The van der Waals surface area contributed by atoms with Crippen LogP contribution in [0.15, 0.2) is 0 Å². The lowest BCUT2D eigenvalue weighted by molar-refractivity contribution is -0.137. The van der Waals surface area contributed by atoms with Crippen LogP contribution in [0, 0.1) is 0 Å². The molecule has 0 bridgehead atoms. The zero-order chi connectivity index (χ0) is 17.9. The molecule has 3 heteroatoms. The molecular weight excluding hydrogens is 300 g/mol. The van der Waals surface area contributed by atoms with Crippen LogP contribution in [-0.2, 0) is 9.53 Å². The molecular formula is C21H42O3. The Morgan fingerprint density at radius 2 is 1.17 bits per heavy atom. The number of hydrogen-bond donors (Lipinski definition) is 1. The Morgan fingerprint density at radius 1 is 0.750 bits per heavy atom. The number of carboxylic acids is 1. The largest absolute Gasteiger partial charge is 0.481 e. The van der Waals surface area contributed by atoms with Crippen LogP contribution in [0.25, 0.3) is 0 Å². The quantitative estimate of drug-likeness (QED) is 0.264. The topological polar surface area (TPSA) is 46.5 Å². The second-order valence-corrected chi connectivity index (χ2v) is 7.17. The Hall–Kier alpha value is -0.570. The van der Waals surface area contributed by atoms with Crippen LogP contribution in [0.3, 0.4) is 0 Å². The summed E-state index contributed by atoms with van der Waals surface area (Å²) in [6.45, 7) is 2.26. The summed E-state index contributed by atoms with van der Waals surface area (Å²) in [5, 5.41) is 8.57. The van der Waals surface area contributed by atoms with Crippen LogP contribution in [0.1, 0.15) is 116 Å². The van der Waals surface area contributed by atoms with Crippen molar-refractivity contribution in [3.63, 3.8) is 0 Å². The first-order valence-corrected chi connectivity index (χ1v) is 10.4. The monoisotopic (exact) mass is 342 g/mol. The van der Waals surface area contributed by atoms with Gasteiger partial charge in [0.1, 0.15) is 0 Å². The van der Waals surface area contributed by atoms with Gasteiger partial charge in [-0.15, -0.1) is 0 Å². The van der Waals surface area contributed by atoms with Gasteiger partial charge in [-0.3, -0.25) is 4.79 Å². The third kappa shape index (κ3) is 17.8. The fraction of sp³-hybridized carbons (Fsp3) is 0.952. The molecule has 24 heavy (non-hydrogen) atoms. The van der Waals surface area contributed by atoms with Crippen molar-refractivity contribution in [3.8, 4) is 0 Å². The highest BCUT2D eigenvalue weighted by Gasteiger charge is 2.06. The van der Waals surface area contributed by atoms with Gasteiger partial charge in [0.05, 0.1) is 6.10 Å². The molecule has 0 spiro atoms. The van der Waals surface area contributed by atoms with Crippen molar-refractivity contribution in [2.75, 3.05) is 7.11 Å². The first-order chi connectivity index (χ1) is 11.7.